The van der Waals surface area contributed by atoms with Crippen LogP contribution in [0, 0.1) is 11.8 Å². The maximum atomic E-state index is 13.8. The summed E-state index contributed by atoms with van der Waals surface area (Å²) in [6.45, 7) is 0.367. The molecule has 3 amide bonds. The smallest absolute Gasteiger partial charge is 0.307 e. The molecule has 1 N–H and O–H groups in total. The summed E-state index contributed by atoms with van der Waals surface area (Å²) < 4.78 is 5.56. The molecule has 0 saturated heterocycles. The molecule has 0 aromatic heterocycles. The number of carboxylic acids is 1. The van der Waals surface area contributed by atoms with Crippen LogP contribution in [0.3, 0.4) is 0 Å². The zero-order chi connectivity index (χ0) is 24.7. The summed E-state index contributed by atoms with van der Waals surface area (Å²) in [5, 5.41) is 9.76. The number of fused-ring (bicyclic) bond motifs is 2. The molecule has 0 radical (unpaired) electrons. The Kier molecular flexibility index (Phi) is 6.05. The molecule has 2 heterocycles. The normalized spacial score (nSPS) is 23.6. The van der Waals surface area contributed by atoms with E-state index in [0.717, 1.165) is 24.0 Å². The van der Waals surface area contributed by atoms with Crippen LogP contribution in [0.2, 0.25) is 0 Å². The molecule has 2 aliphatic heterocycles. The largest absolute Gasteiger partial charge is 0.496 e. The second-order valence-corrected chi connectivity index (χ2v) is 9.43. The van der Waals surface area contributed by atoms with Crippen LogP contribution in [0.25, 0.3) is 0 Å². The van der Waals surface area contributed by atoms with Crippen LogP contribution >= 0.6 is 0 Å². The van der Waals surface area contributed by atoms with Crippen molar-refractivity contribution in [2.45, 2.75) is 38.1 Å². The van der Waals surface area contributed by atoms with Gasteiger partial charge in [-0.3, -0.25) is 24.1 Å². The molecular weight excluding hydrogens is 448 g/mol. The number of ether oxygens (including phenoxy) is 1. The standard InChI is InChI=1S/C27H28N2O6/c1-35-23-12-6-11-16-17(23)13-14-28(24(30)20-9-4-5-10-21(20)27(33)34)22(16)15-29-25(31)18-7-2-3-8-19(18)26(29)32/h2-3,6-8,11-12,20-22H,4-5,9-10,13-15H2,1H3,(H,33,34). The number of aliphatic carboxylic acids is 1. The number of benzene rings is 2. The summed E-state index contributed by atoms with van der Waals surface area (Å²) in [7, 11) is 1.59. The Morgan fingerprint density at radius 2 is 1.63 bits per heavy atom. The summed E-state index contributed by atoms with van der Waals surface area (Å²) in [4.78, 5) is 54.9. The number of carbonyl (C=O) groups is 4. The lowest BCUT2D eigenvalue weighted by Gasteiger charge is -2.42. The van der Waals surface area contributed by atoms with E-state index in [0.29, 0.717) is 42.7 Å². The van der Waals surface area contributed by atoms with E-state index in [9.17, 15) is 24.3 Å². The topological polar surface area (TPSA) is 104 Å². The Balaban J connectivity index is 1.52. The fraction of sp³-hybridized carbons (Fsp3) is 0.407. The quantitative estimate of drug-likeness (QED) is 0.664. The van der Waals surface area contributed by atoms with Crippen LogP contribution in [0.4, 0.5) is 0 Å². The first-order valence-electron chi connectivity index (χ1n) is 12.1. The van der Waals surface area contributed by atoms with Gasteiger partial charge < -0.3 is 14.7 Å². The van der Waals surface area contributed by atoms with E-state index in [1.165, 1.54) is 4.90 Å². The van der Waals surface area contributed by atoms with Crippen molar-refractivity contribution < 1.29 is 29.0 Å². The molecule has 2 aromatic rings. The lowest BCUT2D eigenvalue weighted by Crippen LogP contribution is -2.50. The molecule has 8 nitrogen and oxygen atoms in total. The summed E-state index contributed by atoms with van der Waals surface area (Å²) in [6.07, 6.45) is 3.15. The van der Waals surface area contributed by atoms with Crippen molar-refractivity contribution in [3.8, 4) is 5.75 Å². The van der Waals surface area contributed by atoms with Crippen LogP contribution in [0.5, 0.6) is 5.75 Å². The predicted molar refractivity (Wildman–Crippen MR) is 126 cm³/mol. The second kappa shape index (κ2) is 9.17. The molecule has 2 aromatic carbocycles. The number of nitrogens with zero attached hydrogens (tertiary/aromatic N) is 2. The van der Waals surface area contributed by atoms with E-state index >= 15 is 0 Å². The molecule has 1 aliphatic carbocycles. The molecule has 182 valence electrons. The predicted octanol–water partition coefficient (Wildman–Crippen LogP) is 3.31. The zero-order valence-corrected chi connectivity index (χ0v) is 19.6. The number of rotatable bonds is 5. The van der Waals surface area contributed by atoms with E-state index in [1.54, 1.807) is 36.3 Å². The third kappa shape index (κ3) is 3.87. The molecule has 5 rings (SSSR count). The zero-order valence-electron chi connectivity index (χ0n) is 19.6. The molecule has 0 spiro atoms. The first-order chi connectivity index (χ1) is 16.9. The Morgan fingerprint density at radius 1 is 0.971 bits per heavy atom. The van der Waals surface area contributed by atoms with E-state index in [1.807, 2.05) is 18.2 Å². The SMILES string of the molecule is COc1cccc2c1CCN(C(=O)C1CCCCC1C(=O)O)C2CN1C(=O)c2ccccc2C1=O. The summed E-state index contributed by atoms with van der Waals surface area (Å²) >= 11 is 0. The van der Waals surface area contributed by atoms with Gasteiger partial charge in [0.05, 0.1) is 42.7 Å². The number of imide groups is 1. The fourth-order valence-corrected chi connectivity index (χ4v) is 5.88. The Hall–Kier alpha value is -3.68. The highest BCUT2D eigenvalue weighted by molar-refractivity contribution is 6.21. The van der Waals surface area contributed by atoms with Gasteiger partial charge in [-0.15, -0.1) is 0 Å². The maximum absolute atomic E-state index is 13.8. The van der Waals surface area contributed by atoms with Crippen molar-refractivity contribution in [1.82, 2.24) is 9.80 Å². The number of hydrogen-bond donors (Lipinski definition) is 1. The molecule has 1 saturated carbocycles. The molecule has 8 heteroatoms. The van der Waals surface area contributed by atoms with E-state index in [2.05, 4.69) is 0 Å². The molecule has 3 unspecified atom stereocenters. The second-order valence-electron chi connectivity index (χ2n) is 9.43. The first-order valence-corrected chi connectivity index (χ1v) is 12.1. The molecule has 1 fully saturated rings. The highest BCUT2D eigenvalue weighted by Gasteiger charge is 2.44. The number of hydrogen-bond acceptors (Lipinski definition) is 5. The number of amides is 3. The minimum atomic E-state index is -0.945. The number of carboxylic acid groups (broad SMARTS) is 1. The first kappa shape index (κ1) is 23.1. The third-order valence-electron chi connectivity index (χ3n) is 7.64. The fourth-order valence-electron chi connectivity index (χ4n) is 5.88. The molecule has 0 bridgehead atoms. The van der Waals surface area contributed by atoms with Crippen LogP contribution in [-0.2, 0) is 16.0 Å². The summed E-state index contributed by atoms with van der Waals surface area (Å²) in [5.41, 5.74) is 2.48. The monoisotopic (exact) mass is 476 g/mol. The van der Waals surface area contributed by atoms with Gasteiger partial charge in [0.1, 0.15) is 5.75 Å². The van der Waals surface area contributed by atoms with Gasteiger partial charge in [0.25, 0.3) is 11.8 Å². The van der Waals surface area contributed by atoms with Crippen LogP contribution in [-0.4, -0.2) is 58.8 Å². The highest BCUT2D eigenvalue weighted by atomic mass is 16.5. The minimum Gasteiger partial charge on any atom is -0.496 e. The van der Waals surface area contributed by atoms with Crippen molar-refractivity contribution in [2.75, 3.05) is 20.2 Å². The Morgan fingerprint density at radius 3 is 2.26 bits per heavy atom. The van der Waals surface area contributed by atoms with Gasteiger partial charge in [0, 0.05) is 12.1 Å². The average molecular weight is 477 g/mol. The molecule has 35 heavy (non-hydrogen) atoms. The van der Waals surface area contributed by atoms with E-state index in [-0.39, 0.29) is 24.3 Å². The van der Waals surface area contributed by atoms with Gasteiger partial charge in [0.15, 0.2) is 0 Å². The highest BCUT2D eigenvalue weighted by Crippen LogP contribution is 2.40. The lowest BCUT2D eigenvalue weighted by molar-refractivity contribution is -0.153. The van der Waals surface area contributed by atoms with Gasteiger partial charge in [-0.25, -0.2) is 0 Å². The number of methoxy groups -OCH3 is 1. The van der Waals surface area contributed by atoms with E-state index < -0.39 is 23.8 Å². The number of carbonyl (C=O) groups excluding carboxylic acids is 3. The average Bonchev–Trinajstić information content (AvgIpc) is 3.13. The molecule has 3 atom stereocenters. The van der Waals surface area contributed by atoms with Crippen molar-refractivity contribution in [1.29, 1.82) is 0 Å². The molecular formula is C27H28N2O6. The van der Waals surface area contributed by atoms with Gasteiger partial charge in [-0.1, -0.05) is 37.1 Å². The minimum absolute atomic E-state index is 0.00269. The van der Waals surface area contributed by atoms with Crippen molar-refractivity contribution in [2.24, 2.45) is 11.8 Å². The maximum Gasteiger partial charge on any atom is 0.307 e. The van der Waals surface area contributed by atoms with Crippen LogP contribution in [0.1, 0.15) is 63.6 Å². The van der Waals surface area contributed by atoms with Gasteiger partial charge in [-0.05, 0) is 43.0 Å². The summed E-state index contributed by atoms with van der Waals surface area (Å²) in [6, 6.07) is 11.7. The van der Waals surface area contributed by atoms with Gasteiger partial charge in [0.2, 0.25) is 5.91 Å². The van der Waals surface area contributed by atoms with Crippen LogP contribution < -0.4 is 4.74 Å². The van der Waals surface area contributed by atoms with Crippen LogP contribution in [0.15, 0.2) is 42.5 Å². The third-order valence-corrected chi connectivity index (χ3v) is 7.64. The lowest BCUT2D eigenvalue weighted by atomic mass is 9.77. The van der Waals surface area contributed by atoms with Crippen molar-refractivity contribution in [3.05, 3.63) is 64.7 Å². The Labute approximate surface area is 203 Å². The van der Waals surface area contributed by atoms with E-state index in [4.69, 9.17) is 4.74 Å². The van der Waals surface area contributed by atoms with Gasteiger partial charge >= 0.3 is 5.97 Å². The molecule has 3 aliphatic rings. The van der Waals surface area contributed by atoms with Crippen molar-refractivity contribution >= 4 is 23.7 Å². The summed E-state index contributed by atoms with van der Waals surface area (Å²) in [5.74, 6) is -2.56. The van der Waals surface area contributed by atoms with Crippen molar-refractivity contribution in [3.63, 3.8) is 0 Å². The van der Waals surface area contributed by atoms with Gasteiger partial charge in [-0.2, -0.15) is 0 Å². The Bertz CT molecular complexity index is 1170.